The Morgan fingerprint density at radius 1 is 0.975 bits per heavy atom. The molecule has 210 valence electrons. The zero-order chi connectivity index (χ0) is 27.8. The van der Waals surface area contributed by atoms with Gasteiger partial charge in [0, 0.05) is 67.7 Å². The van der Waals surface area contributed by atoms with Gasteiger partial charge in [-0.3, -0.25) is 9.69 Å². The lowest BCUT2D eigenvalue weighted by molar-refractivity contribution is 0.0946. The van der Waals surface area contributed by atoms with Crippen molar-refractivity contribution in [3.8, 4) is 22.3 Å². The summed E-state index contributed by atoms with van der Waals surface area (Å²) in [6.45, 7) is 5.57. The van der Waals surface area contributed by atoms with E-state index in [9.17, 15) is 4.79 Å². The first-order chi connectivity index (χ1) is 19.4. The third-order valence-electron chi connectivity index (χ3n) is 8.72. The van der Waals surface area contributed by atoms with Crippen LogP contribution < -0.4 is 16.0 Å². The molecule has 8 heteroatoms. The molecule has 0 radical (unpaired) electrons. The van der Waals surface area contributed by atoms with Crippen molar-refractivity contribution in [3.05, 3.63) is 65.1 Å². The number of fused-ring (bicyclic) bond motifs is 1. The molecule has 1 amide bonds. The fraction of sp³-hybridized carbons (Fsp3) is 0.438. The molecule has 3 aromatic rings. The second-order valence-corrected chi connectivity index (χ2v) is 11.7. The average Bonchev–Trinajstić information content (AvgIpc) is 3.48. The molecule has 1 aliphatic carbocycles. The molecule has 3 heterocycles. The van der Waals surface area contributed by atoms with Crippen molar-refractivity contribution >= 4 is 17.4 Å². The smallest absolute Gasteiger partial charge is 0.251 e. The van der Waals surface area contributed by atoms with Crippen molar-refractivity contribution in [2.45, 2.75) is 44.7 Å². The number of amides is 1. The Bertz CT molecular complexity index is 1410. The molecule has 6 rings (SSSR count). The molecule has 1 aromatic heterocycles. The highest BCUT2D eigenvalue weighted by Crippen LogP contribution is 2.36. The first-order valence-electron chi connectivity index (χ1n) is 14.5. The van der Waals surface area contributed by atoms with Crippen LogP contribution in [-0.4, -0.2) is 73.6 Å². The summed E-state index contributed by atoms with van der Waals surface area (Å²) in [4.78, 5) is 23.6. The number of piperazine rings is 1. The van der Waals surface area contributed by atoms with Gasteiger partial charge in [0.05, 0.1) is 0 Å². The third kappa shape index (κ3) is 5.30. The van der Waals surface area contributed by atoms with Crippen molar-refractivity contribution in [1.82, 2.24) is 20.1 Å². The van der Waals surface area contributed by atoms with Gasteiger partial charge in [-0.1, -0.05) is 31.0 Å². The Kier molecular flexibility index (Phi) is 7.47. The Balaban J connectivity index is 1.31. The summed E-state index contributed by atoms with van der Waals surface area (Å²) in [5.74, 6) is -0.494. The number of nitrogens with zero attached hydrogens (tertiary/aromatic N) is 4. The van der Waals surface area contributed by atoms with E-state index in [-0.39, 0.29) is 11.7 Å². The van der Waals surface area contributed by atoms with Crippen LogP contribution in [0.2, 0.25) is 0 Å². The van der Waals surface area contributed by atoms with E-state index in [0.717, 1.165) is 61.9 Å². The molecule has 0 atom stereocenters. The largest absolute Gasteiger partial charge is 0.383 e. The van der Waals surface area contributed by atoms with Gasteiger partial charge >= 0.3 is 0 Å². The van der Waals surface area contributed by atoms with Crippen molar-refractivity contribution in [1.29, 1.82) is 0 Å². The van der Waals surface area contributed by atoms with Crippen molar-refractivity contribution < 1.29 is 9.18 Å². The zero-order valence-electron chi connectivity index (χ0n) is 23.5. The summed E-state index contributed by atoms with van der Waals surface area (Å²) < 4.78 is 15.3. The summed E-state index contributed by atoms with van der Waals surface area (Å²) in [5, 5.41) is 2.87. The van der Waals surface area contributed by atoms with E-state index in [0.29, 0.717) is 23.2 Å². The highest BCUT2D eigenvalue weighted by Gasteiger charge is 2.27. The quantitative estimate of drug-likeness (QED) is 0.445. The molecule has 1 saturated carbocycles. The van der Waals surface area contributed by atoms with E-state index in [1.54, 1.807) is 6.07 Å². The lowest BCUT2D eigenvalue weighted by atomic mass is 9.93. The maximum atomic E-state index is 15.3. The number of pyridine rings is 1. The summed E-state index contributed by atoms with van der Waals surface area (Å²) in [5.41, 5.74) is 13.0. The van der Waals surface area contributed by atoms with Crippen LogP contribution >= 0.6 is 0 Å². The Labute approximate surface area is 236 Å². The van der Waals surface area contributed by atoms with E-state index < -0.39 is 5.95 Å². The number of nitrogen functional groups attached to an aromatic ring is 1. The maximum Gasteiger partial charge on any atom is 0.251 e. The molecule has 0 spiro atoms. The molecule has 1 saturated heterocycles. The van der Waals surface area contributed by atoms with Gasteiger partial charge in [-0.2, -0.15) is 4.39 Å². The van der Waals surface area contributed by atoms with Crippen LogP contribution in [0, 0.1) is 5.95 Å². The van der Waals surface area contributed by atoms with E-state index in [2.05, 4.69) is 51.2 Å². The number of carbonyl (C=O) groups is 1. The van der Waals surface area contributed by atoms with Crippen molar-refractivity contribution in [2.24, 2.45) is 0 Å². The minimum atomic E-state index is -0.577. The number of rotatable bonds is 6. The van der Waals surface area contributed by atoms with Gasteiger partial charge in [-0.25, -0.2) is 4.98 Å². The van der Waals surface area contributed by atoms with Crippen LogP contribution in [0.15, 0.2) is 42.5 Å². The molecule has 7 nitrogen and oxygen atoms in total. The summed E-state index contributed by atoms with van der Waals surface area (Å²) in [6.07, 6.45) is 6.15. The SMILES string of the molecule is CN(C)Cc1cc(-c2cc(-c3ccc4c(c3)CCNC4=O)c(N)nc2F)ccc1N1CCN(C2CCCC2)CC1. The van der Waals surface area contributed by atoms with E-state index >= 15 is 4.39 Å². The van der Waals surface area contributed by atoms with Crippen LogP contribution in [0.25, 0.3) is 22.3 Å². The Morgan fingerprint density at radius 3 is 2.45 bits per heavy atom. The molecular formula is C32H39FN6O. The number of nitrogens with one attached hydrogen (secondary N) is 1. The van der Waals surface area contributed by atoms with Crippen LogP contribution in [0.4, 0.5) is 15.9 Å². The summed E-state index contributed by atoms with van der Waals surface area (Å²) >= 11 is 0. The highest BCUT2D eigenvalue weighted by atomic mass is 19.1. The molecule has 0 unspecified atom stereocenters. The lowest BCUT2D eigenvalue weighted by Crippen LogP contribution is -2.50. The molecule has 3 N–H and O–H groups in total. The zero-order valence-corrected chi connectivity index (χ0v) is 23.5. The molecular weight excluding hydrogens is 503 g/mol. The van der Waals surface area contributed by atoms with Gasteiger partial charge in [0.25, 0.3) is 5.91 Å². The number of hydrogen-bond donors (Lipinski definition) is 2. The average molecular weight is 543 g/mol. The van der Waals surface area contributed by atoms with Gasteiger partial charge < -0.3 is 20.9 Å². The van der Waals surface area contributed by atoms with Crippen LogP contribution in [-0.2, 0) is 13.0 Å². The van der Waals surface area contributed by atoms with Crippen LogP contribution in [0.1, 0.15) is 47.2 Å². The minimum Gasteiger partial charge on any atom is -0.383 e. The number of anilines is 2. The predicted molar refractivity (Wildman–Crippen MR) is 159 cm³/mol. The lowest BCUT2D eigenvalue weighted by Gasteiger charge is -2.40. The van der Waals surface area contributed by atoms with E-state index in [4.69, 9.17) is 5.73 Å². The molecule has 0 bridgehead atoms. The highest BCUT2D eigenvalue weighted by molar-refractivity contribution is 5.97. The molecule has 2 aliphatic heterocycles. The van der Waals surface area contributed by atoms with Gasteiger partial charge in [0.1, 0.15) is 5.82 Å². The molecule has 3 aliphatic rings. The standard InChI is InChI=1S/C32H39FN6O/c1-37(2)20-24-18-21(8-10-29(24)39-15-13-38(14-16-39)25-5-3-4-6-25)27-19-28(31(34)36-30(27)33)22-7-9-26-23(17-22)11-12-35-32(26)40/h7-10,17-19,25H,3-6,11-16,20H2,1-2H3,(H2,34,36)(H,35,40). The van der Waals surface area contributed by atoms with Crippen molar-refractivity contribution in [3.63, 3.8) is 0 Å². The Morgan fingerprint density at radius 2 is 1.70 bits per heavy atom. The normalized spacial score (nSPS) is 18.3. The second-order valence-electron chi connectivity index (χ2n) is 11.7. The summed E-state index contributed by atoms with van der Waals surface area (Å²) in [7, 11) is 4.13. The van der Waals surface area contributed by atoms with Crippen molar-refractivity contribution in [2.75, 3.05) is 57.5 Å². The number of halogens is 1. The number of carbonyl (C=O) groups excluding carboxylic acids is 1. The number of nitrogens with two attached hydrogens (primary N) is 1. The monoisotopic (exact) mass is 542 g/mol. The molecule has 2 fully saturated rings. The van der Waals surface area contributed by atoms with Gasteiger partial charge in [-0.15, -0.1) is 0 Å². The predicted octanol–water partition coefficient (Wildman–Crippen LogP) is 4.55. The third-order valence-corrected chi connectivity index (χ3v) is 8.72. The van der Waals surface area contributed by atoms with E-state index in [1.165, 1.54) is 36.9 Å². The fourth-order valence-electron chi connectivity index (χ4n) is 6.66. The van der Waals surface area contributed by atoms with Gasteiger partial charge in [0.15, 0.2) is 0 Å². The number of aromatic nitrogens is 1. The van der Waals surface area contributed by atoms with Gasteiger partial charge in [-0.05, 0) is 79.9 Å². The number of benzene rings is 2. The topological polar surface area (TPSA) is 77.7 Å². The van der Waals surface area contributed by atoms with Gasteiger partial charge in [0.2, 0.25) is 5.95 Å². The van der Waals surface area contributed by atoms with Crippen LogP contribution in [0.5, 0.6) is 0 Å². The fourth-order valence-corrected chi connectivity index (χ4v) is 6.66. The Hall–Kier alpha value is -3.49. The van der Waals surface area contributed by atoms with Crippen LogP contribution in [0.3, 0.4) is 0 Å². The maximum absolute atomic E-state index is 15.3. The molecule has 2 aromatic carbocycles. The van der Waals surface area contributed by atoms with E-state index in [1.807, 2.05) is 24.3 Å². The first-order valence-corrected chi connectivity index (χ1v) is 14.5. The second kappa shape index (κ2) is 11.2. The summed E-state index contributed by atoms with van der Waals surface area (Å²) in [6, 6.07) is 14.5. The first kappa shape index (κ1) is 26.7. The number of hydrogen-bond acceptors (Lipinski definition) is 6. The molecule has 40 heavy (non-hydrogen) atoms. The minimum absolute atomic E-state index is 0.0628.